The van der Waals surface area contributed by atoms with Crippen LogP contribution in [0.5, 0.6) is 0 Å². The Morgan fingerprint density at radius 3 is 2.13 bits per heavy atom. The lowest BCUT2D eigenvalue weighted by molar-refractivity contribution is -0.121. The SMILES string of the molecule is C=CC(=O)C(C)O[Si](C)(CCCCCCCCCCO)OCC. The Kier molecular flexibility index (Phi) is 13.6. The minimum Gasteiger partial charge on any atom is -0.396 e. The van der Waals surface area contributed by atoms with E-state index in [4.69, 9.17) is 14.0 Å². The monoisotopic (exact) mass is 344 g/mol. The molecular weight excluding hydrogens is 308 g/mol. The van der Waals surface area contributed by atoms with Gasteiger partial charge in [-0.25, -0.2) is 0 Å². The molecule has 0 bridgehead atoms. The van der Waals surface area contributed by atoms with Crippen LogP contribution in [0, 0.1) is 0 Å². The second kappa shape index (κ2) is 13.9. The Labute approximate surface area is 143 Å². The largest absolute Gasteiger partial charge is 0.396 e. The predicted octanol–water partition coefficient (Wildman–Crippen LogP) is 4.37. The lowest BCUT2D eigenvalue weighted by Gasteiger charge is -2.29. The second-order valence-electron chi connectivity index (χ2n) is 6.24. The Hall–Kier alpha value is -0.493. The third-order valence-corrected chi connectivity index (χ3v) is 7.03. The van der Waals surface area contributed by atoms with Gasteiger partial charge >= 0.3 is 8.56 Å². The second-order valence-corrected chi connectivity index (χ2v) is 9.53. The molecule has 0 aliphatic rings. The maximum atomic E-state index is 11.6. The van der Waals surface area contributed by atoms with Crippen LogP contribution >= 0.6 is 0 Å². The summed E-state index contributed by atoms with van der Waals surface area (Å²) in [7, 11) is -2.27. The molecule has 23 heavy (non-hydrogen) atoms. The number of carbonyl (C=O) groups excluding carboxylic acids is 1. The molecule has 0 spiro atoms. The van der Waals surface area contributed by atoms with E-state index >= 15 is 0 Å². The molecule has 2 atom stereocenters. The first kappa shape index (κ1) is 22.5. The molecule has 0 aliphatic carbocycles. The number of hydrogen-bond acceptors (Lipinski definition) is 4. The highest BCUT2D eigenvalue weighted by Gasteiger charge is 2.33. The normalized spacial score (nSPS) is 15.1. The van der Waals surface area contributed by atoms with E-state index in [1.165, 1.54) is 38.2 Å². The summed E-state index contributed by atoms with van der Waals surface area (Å²) >= 11 is 0. The fraction of sp³-hybridized carbons (Fsp3) is 0.833. The zero-order valence-electron chi connectivity index (χ0n) is 15.3. The van der Waals surface area contributed by atoms with Crippen LogP contribution in [0.25, 0.3) is 0 Å². The number of carbonyl (C=O) groups is 1. The molecule has 2 unspecified atom stereocenters. The number of hydrogen-bond donors (Lipinski definition) is 1. The molecule has 0 amide bonds. The van der Waals surface area contributed by atoms with Gasteiger partial charge < -0.3 is 14.0 Å². The van der Waals surface area contributed by atoms with Gasteiger partial charge in [0, 0.05) is 13.2 Å². The fourth-order valence-corrected chi connectivity index (χ4v) is 5.38. The van der Waals surface area contributed by atoms with E-state index < -0.39 is 14.7 Å². The quantitative estimate of drug-likeness (QED) is 0.257. The molecule has 0 aromatic carbocycles. The van der Waals surface area contributed by atoms with Crippen molar-refractivity contribution < 1.29 is 18.8 Å². The van der Waals surface area contributed by atoms with E-state index in [0.717, 1.165) is 25.3 Å². The van der Waals surface area contributed by atoms with Crippen molar-refractivity contribution in [2.24, 2.45) is 0 Å². The lowest BCUT2D eigenvalue weighted by Crippen LogP contribution is -2.43. The summed E-state index contributed by atoms with van der Waals surface area (Å²) in [6.45, 7) is 10.3. The Balaban J connectivity index is 3.94. The molecule has 5 heteroatoms. The zero-order valence-corrected chi connectivity index (χ0v) is 16.3. The van der Waals surface area contributed by atoms with E-state index in [9.17, 15) is 4.79 Å². The van der Waals surface area contributed by atoms with Crippen LogP contribution in [0.15, 0.2) is 12.7 Å². The van der Waals surface area contributed by atoms with Crippen LogP contribution in [0.2, 0.25) is 12.6 Å². The van der Waals surface area contributed by atoms with Crippen LogP contribution in [0.4, 0.5) is 0 Å². The van der Waals surface area contributed by atoms with Crippen LogP contribution in [0.3, 0.4) is 0 Å². The van der Waals surface area contributed by atoms with Crippen molar-refractivity contribution in [3.8, 4) is 0 Å². The molecule has 0 rings (SSSR count). The van der Waals surface area contributed by atoms with Crippen LogP contribution in [0.1, 0.15) is 65.2 Å². The van der Waals surface area contributed by atoms with Gasteiger partial charge in [0.1, 0.15) is 6.10 Å². The average molecular weight is 345 g/mol. The molecule has 0 aromatic rings. The number of rotatable bonds is 16. The molecule has 0 fully saturated rings. The molecule has 0 saturated carbocycles. The molecule has 0 heterocycles. The molecule has 0 radical (unpaired) electrons. The maximum absolute atomic E-state index is 11.6. The van der Waals surface area contributed by atoms with Gasteiger partial charge in [0.05, 0.1) is 0 Å². The van der Waals surface area contributed by atoms with Crippen molar-refractivity contribution in [2.75, 3.05) is 13.2 Å². The lowest BCUT2D eigenvalue weighted by atomic mass is 10.1. The van der Waals surface area contributed by atoms with Gasteiger partial charge in [-0.1, -0.05) is 51.5 Å². The highest BCUT2D eigenvalue weighted by molar-refractivity contribution is 6.66. The molecular formula is C18H36O4Si. The first-order valence-corrected chi connectivity index (χ1v) is 11.6. The van der Waals surface area contributed by atoms with E-state index in [1.807, 2.05) is 6.92 Å². The standard InChI is InChI=1S/C18H36O4Si/c1-5-18(20)17(3)22-23(4,21-6-2)16-14-12-10-8-7-9-11-13-15-19/h5,17,19H,1,6-16H2,2-4H3. The van der Waals surface area contributed by atoms with Gasteiger partial charge in [0.2, 0.25) is 0 Å². The third-order valence-electron chi connectivity index (χ3n) is 4.02. The first-order valence-electron chi connectivity index (χ1n) is 9.08. The van der Waals surface area contributed by atoms with E-state index in [-0.39, 0.29) is 5.78 Å². The van der Waals surface area contributed by atoms with Gasteiger partial charge in [0.25, 0.3) is 0 Å². The number of aliphatic hydroxyl groups excluding tert-OH is 1. The first-order chi connectivity index (χ1) is 11.0. The van der Waals surface area contributed by atoms with E-state index in [2.05, 4.69) is 13.1 Å². The summed E-state index contributed by atoms with van der Waals surface area (Å²) in [5.74, 6) is -0.0775. The topological polar surface area (TPSA) is 55.8 Å². The van der Waals surface area contributed by atoms with E-state index in [0.29, 0.717) is 13.2 Å². The molecule has 136 valence electrons. The maximum Gasteiger partial charge on any atom is 0.335 e. The van der Waals surface area contributed by atoms with Crippen molar-refractivity contribution in [3.05, 3.63) is 12.7 Å². The van der Waals surface area contributed by atoms with Crippen molar-refractivity contribution in [2.45, 2.75) is 83.9 Å². The summed E-state index contributed by atoms with van der Waals surface area (Å²) < 4.78 is 11.8. The summed E-state index contributed by atoms with van der Waals surface area (Å²) in [6, 6.07) is 0.931. The van der Waals surface area contributed by atoms with Gasteiger partial charge in [-0.2, -0.15) is 0 Å². The summed E-state index contributed by atoms with van der Waals surface area (Å²) in [4.78, 5) is 11.6. The third kappa shape index (κ3) is 11.6. The number of aliphatic hydroxyl groups is 1. The molecule has 1 N–H and O–H groups in total. The predicted molar refractivity (Wildman–Crippen MR) is 97.8 cm³/mol. The summed E-state index contributed by atoms with van der Waals surface area (Å²) in [6.07, 6.45) is 10.2. The Morgan fingerprint density at radius 1 is 1.13 bits per heavy atom. The van der Waals surface area contributed by atoms with Gasteiger partial charge in [0.15, 0.2) is 5.78 Å². The fourth-order valence-electron chi connectivity index (χ4n) is 2.69. The Morgan fingerprint density at radius 2 is 1.65 bits per heavy atom. The van der Waals surface area contributed by atoms with Crippen molar-refractivity contribution in [3.63, 3.8) is 0 Å². The van der Waals surface area contributed by atoms with Crippen LogP contribution < -0.4 is 0 Å². The van der Waals surface area contributed by atoms with Gasteiger partial charge in [-0.05, 0) is 38.9 Å². The minimum absolute atomic E-state index is 0.0775. The van der Waals surface area contributed by atoms with Gasteiger partial charge in [-0.3, -0.25) is 4.79 Å². The highest BCUT2D eigenvalue weighted by atomic mass is 28.4. The number of ketones is 1. The molecule has 0 aromatic heterocycles. The molecule has 0 saturated heterocycles. The minimum atomic E-state index is -2.27. The van der Waals surface area contributed by atoms with Crippen molar-refractivity contribution in [1.29, 1.82) is 0 Å². The Bertz CT molecular complexity index is 322. The smallest absolute Gasteiger partial charge is 0.335 e. The van der Waals surface area contributed by atoms with Crippen molar-refractivity contribution >= 4 is 14.3 Å². The average Bonchev–Trinajstić information content (AvgIpc) is 2.52. The van der Waals surface area contributed by atoms with Crippen molar-refractivity contribution in [1.82, 2.24) is 0 Å². The van der Waals surface area contributed by atoms with Crippen LogP contribution in [-0.2, 0) is 13.6 Å². The number of unbranched alkanes of at least 4 members (excludes halogenated alkanes) is 7. The van der Waals surface area contributed by atoms with Crippen LogP contribution in [-0.4, -0.2) is 38.8 Å². The zero-order chi connectivity index (χ0) is 17.6. The molecule has 4 nitrogen and oxygen atoms in total. The van der Waals surface area contributed by atoms with E-state index in [1.54, 1.807) is 6.92 Å². The molecule has 0 aliphatic heterocycles. The summed E-state index contributed by atoms with van der Waals surface area (Å²) in [5, 5.41) is 8.72. The summed E-state index contributed by atoms with van der Waals surface area (Å²) in [5.41, 5.74) is 0. The highest BCUT2D eigenvalue weighted by Crippen LogP contribution is 2.21. The van der Waals surface area contributed by atoms with Gasteiger partial charge in [-0.15, -0.1) is 0 Å².